The van der Waals surface area contributed by atoms with E-state index in [2.05, 4.69) is 15.9 Å². The zero-order valence-electron chi connectivity index (χ0n) is 10.7. The zero-order valence-corrected chi connectivity index (χ0v) is 12.3. The largest absolute Gasteiger partial charge is 0.494 e. The van der Waals surface area contributed by atoms with E-state index in [9.17, 15) is 4.79 Å². The summed E-state index contributed by atoms with van der Waals surface area (Å²) in [6, 6.07) is 15.1. The van der Waals surface area contributed by atoms with E-state index in [-0.39, 0.29) is 5.78 Å². The van der Waals surface area contributed by atoms with Crippen LogP contribution in [0.4, 0.5) is 0 Å². The molecule has 0 unspecified atom stereocenters. The Morgan fingerprint density at radius 3 is 2.26 bits per heavy atom. The van der Waals surface area contributed by atoms with Crippen LogP contribution in [0.5, 0.6) is 5.75 Å². The van der Waals surface area contributed by atoms with E-state index < -0.39 is 0 Å². The van der Waals surface area contributed by atoms with Gasteiger partial charge in [0, 0.05) is 16.5 Å². The topological polar surface area (TPSA) is 26.3 Å². The summed E-state index contributed by atoms with van der Waals surface area (Å²) in [5.74, 6) is 0.910. The summed E-state index contributed by atoms with van der Waals surface area (Å²) < 4.78 is 6.37. The predicted octanol–water partition coefficient (Wildman–Crippen LogP) is 4.27. The van der Waals surface area contributed by atoms with Crippen LogP contribution < -0.4 is 4.74 Å². The maximum atomic E-state index is 12.1. The number of carbonyl (C=O) groups excluding carboxylic acids is 1. The Bertz CT molecular complexity index is 544. The first-order chi connectivity index (χ1) is 9.19. The average molecular weight is 319 g/mol. The van der Waals surface area contributed by atoms with E-state index in [4.69, 9.17) is 4.74 Å². The summed E-state index contributed by atoms with van der Waals surface area (Å²) in [6.07, 6.45) is 0.418. The number of ether oxygens (including phenoxy) is 1. The molecule has 2 nitrogen and oxygen atoms in total. The summed E-state index contributed by atoms with van der Waals surface area (Å²) in [4.78, 5) is 12.1. The quantitative estimate of drug-likeness (QED) is 0.769. The van der Waals surface area contributed by atoms with Gasteiger partial charge >= 0.3 is 0 Å². The Morgan fingerprint density at radius 1 is 1.05 bits per heavy atom. The molecule has 0 aliphatic heterocycles. The molecule has 0 heterocycles. The van der Waals surface area contributed by atoms with Gasteiger partial charge in [0.2, 0.25) is 0 Å². The fourth-order valence-corrected chi connectivity index (χ4v) is 2.06. The van der Waals surface area contributed by atoms with Crippen molar-refractivity contribution in [2.24, 2.45) is 0 Å². The minimum atomic E-state index is 0.116. The number of halogens is 1. The Hall–Kier alpha value is -1.61. The molecule has 98 valence electrons. The van der Waals surface area contributed by atoms with Gasteiger partial charge in [-0.05, 0) is 48.9 Å². The Morgan fingerprint density at radius 2 is 1.68 bits per heavy atom. The van der Waals surface area contributed by atoms with Crippen molar-refractivity contribution in [1.82, 2.24) is 0 Å². The SMILES string of the molecule is CCOc1ccc(C(=O)Cc2ccc(Br)cc2)cc1. The van der Waals surface area contributed by atoms with E-state index in [1.165, 1.54) is 0 Å². The van der Waals surface area contributed by atoms with E-state index >= 15 is 0 Å². The Labute approximate surface area is 121 Å². The van der Waals surface area contributed by atoms with Gasteiger partial charge in [0.1, 0.15) is 5.75 Å². The standard InChI is InChI=1S/C16H15BrO2/c1-2-19-15-9-5-13(6-10-15)16(18)11-12-3-7-14(17)8-4-12/h3-10H,2,11H2,1H3. The van der Waals surface area contributed by atoms with Crippen molar-refractivity contribution in [1.29, 1.82) is 0 Å². The fraction of sp³-hybridized carbons (Fsp3) is 0.188. The zero-order chi connectivity index (χ0) is 13.7. The van der Waals surface area contributed by atoms with Crippen LogP contribution in [-0.2, 0) is 6.42 Å². The number of benzene rings is 2. The van der Waals surface area contributed by atoms with Crippen LogP contribution in [-0.4, -0.2) is 12.4 Å². The van der Waals surface area contributed by atoms with E-state index in [0.717, 1.165) is 15.8 Å². The van der Waals surface area contributed by atoms with Crippen molar-refractivity contribution < 1.29 is 9.53 Å². The van der Waals surface area contributed by atoms with Crippen LogP contribution in [0.25, 0.3) is 0 Å². The molecule has 0 amide bonds. The van der Waals surface area contributed by atoms with Gasteiger partial charge in [-0.2, -0.15) is 0 Å². The molecule has 0 atom stereocenters. The lowest BCUT2D eigenvalue weighted by molar-refractivity contribution is 0.0993. The molecule has 0 aliphatic rings. The minimum absolute atomic E-state index is 0.116. The lowest BCUT2D eigenvalue weighted by atomic mass is 10.0. The molecule has 0 saturated heterocycles. The normalized spacial score (nSPS) is 10.2. The first-order valence-corrected chi connectivity index (χ1v) is 6.99. The third-order valence-electron chi connectivity index (χ3n) is 2.77. The molecule has 3 heteroatoms. The van der Waals surface area contributed by atoms with Crippen molar-refractivity contribution in [3.8, 4) is 5.75 Å². The highest BCUT2D eigenvalue weighted by atomic mass is 79.9. The molecule has 0 bridgehead atoms. The van der Waals surface area contributed by atoms with Crippen LogP contribution in [0.2, 0.25) is 0 Å². The first-order valence-electron chi connectivity index (χ1n) is 6.19. The van der Waals surface area contributed by atoms with Gasteiger partial charge in [0.25, 0.3) is 0 Å². The van der Waals surface area contributed by atoms with Crippen LogP contribution >= 0.6 is 15.9 Å². The molecule has 0 aromatic heterocycles. The van der Waals surface area contributed by atoms with E-state index in [0.29, 0.717) is 18.6 Å². The second-order valence-electron chi connectivity index (χ2n) is 4.18. The monoisotopic (exact) mass is 318 g/mol. The molecule has 2 aromatic carbocycles. The van der Waals surface area contributed by atoms with Crippen molar-refractivity contribution in [3.05, 3.63) is 64.1 Å². The van der Waals surface area contributed by atoms with Gasteiger partial charge in [0.15, 0.2) is 5.78 Å². The Balaban J connectivity index is 2.05. The number of rotatable bonds is 5. The minimum Gasteiger partial charge on any atom is -0.494 e. The van der Waals surface area contributed by atoms with Crippen LogP contribution in [0.1, 0.15) is 22.8 Å². The number of ketones is 1. The lowest BCUT2D eigenvalue weighted by Crippen LogP contribution is -2.03. The first kappa shape index (κ1) is 13.8. The third-order valence-corrected chi connectivity index (χ3v) is 3.29. The smallest absolute Gasteiger partial charge is 0.167 e. The molecule has 0 radical (unpaired) electrons. The molecule has 0 aliphatic carbocycles. The molecular weight excluding hydrogens is 304 g/mol. The van der Waals surface area contributed by atoms with Gasteiger partial charge in [-0.1, -0.05) is 28.1 Å². The molecular formula is C16H15BrO2. The van der Waals surface area contributed by atoms with Crippen molar-refractivity contribution >= 4 is 21.7 Å². The van der Waals surface area contributed by atoms with Gasteiger partial charge in [-0.3, -0.25) is 4.79 Å². The maximum Gasteiger partial charge on any atom is 0.167 e. The van der Waals surface area contributed by atoms with Gasteiger partial charge in [0.05, 0.1) is 6.61 Å². The highest BCUT2D eigenvalue weighted by Gasteiger charge is 2.07. The van der Waals surface area contributed by atoms with Crippen molar-refractivity contribution in [2.75, 3.05) is 6.61 Å². The summed E-state index contributed by atoms with van der Waals surface area (Å²) in [5, 5.41) is 0. The fourth-order valence-electron chi connectivity index (χ4n) is 1.79. The van der Waals surface area contributed by atoms with E-state index in [1.54, 1.807) is 0 Å². The molecule has 0 N–H and O–H groups in total. The lowest BCUT2D eigenvalue weighted by Gasteiger charge is -2.05. The van der Waals surface area contributed by atoms with Gasteiger partial charge < -0.3 is 4.74 Å². The average Bonchev–Trinajstić information content (AvgIpc) is 2.42. The Kier molecular flexibility index (Phi) is 4.74. The van der Waals surface area contributed by atoms with Gasteiger partial charge in [-0.15, -0.1) is 0 Å². The highest BCUT2D eigenvalue weighted by molar-refractivity contribution is 9.10. The third kappa shape index (κ3) is 3.93. The molecule has 19 heavy (non-hydrogen) atoms. The summed E-state index contributed by atoms with van der Waals surface area (Å²) in [7, 11) is 0. The van der Waals surface area contributed by atoms with Crippen LogP contribution in [0, 0.1) is 0 Å². The van der Waals surface area contributed by atoms with Crippen molar-refractivity contribution in [3.63, 3.8) is 0 Å². The molecule has 2 aromatic rings. The highest BCUT2D eigenvalue weighted by Crippen LogP contribution is 2.15. The molecule has 0 saturated carbocycles. The second kappa shape index (κ2) is 6.53. The van der Waals surface area contributed by atoms with Crippen molar-refractivity contribution in [2.45, 2.75) is 13.3 Å². The van der Waals surface area contributed by atoms with Crippen LogP contribution in [0.15, 0.2) is 53.0 Å². The molecule has 2 rings (SSSR count). The van der Waals surface area contributed by atoms with E-state index in [1.807, 2.05) is 55.5 Å². The molecule has 0 spiro atoms. The summed E-state index contributed by atoms with van der Waals surface area (Å²) >= 11 is 3.38. The van der Waals surface area contributed by atoms with Crippen LogP contribution in [0.3, 0.4) is 0 Å². The van der Waals surface area contributed by atoms with Gasteiger partial charge in [-0.25, -0.2) is 0 Å². The predicted molar refractivity (Wildman–Crippen MR) is 79.8 cm³/mol. The number of carbonyl (C=O) groups is 1. The summed E-state index contributed by atoms with van der Waals surface area (Å²) in [6.45, 7) is 2.57. The number of hydrogen-bond acceptors (Lipinski definition) is 2. The summed E-state index contributed by atoms with van der Waals surface area (Å²) in [5.41, 5.74) is 1.73. The number of hydrogen-bond donors (Lipinski definition) is 0. The second-order valence-corrected chi connectivity index (χ2v) is 5.10. The number of Topliss-reactive ketones (excluding diaryl/α,β-unsaturated/α-hetero) is 1. The molecule has 0 fully saturated rings. The maximum absolute atomic E-state index is 12.1.